The molecule has 0 saturated carbocycles. The van der Waals surface area contributed by atoms with Gasteiger partial charge in [0.25, 0.3) is 0 Å². The van der Waals surface area contributed by atoms with E-state index in [1.165, 1.54) is 0 Å². The molecule has 1 heterocycles. The Labute approximate surface area is 119 Å². The molecule has 20 heavy (non-hydrogen) atoms. The third-order valence-electron chi connectivity index (χ3n) is 3.92. The summed E-state index contributed by atoms with van der Waals surface area (Å²) < 4.78 is 0. The number of nitrogens with one attached hydrogen (secondary N) is 1. The van der Waals surface area contributed by atoms with Gasteiger partial charge < -0.3 is 15.5 Å². The van der Waals surface area contributed by atoms with Gasteiger partial charge in [-0.05, 0) is 37.5 Å². The van der Waals surface area contributed by atoms with Crippen LogP contribution in [0.1, 0.15) is 18.9 Å². The Bertz CT molecular complexity index is 447. The van der Waals surface area contributed by atoms with Crippen LogP contribution in [0.25, 0.3) is 0 Å². The fourth-order valence-electron chi connectivity index (χ4n) is 2.68. The molecule has 0 bridgehead atoms. The fourth-order valence-corrected chi connectivity index (χ4v) is 2.68. The highest BCUT2D eigenvalue weighted by Crippen LogP contribution is 2.16. The van der Waals surface area contributed by atoms with E-state index in [-0.39, 0.29) is 11.8 Å². The van der Waals surface area contributed by atoms with Gasteiger partial charge in [0.15, 0.2) is 0 Å². The van der Waals surface area contributed by atoms with Crippen LogP contribution in [-0.4, -0.2) is 52.8 Å². The maximum absolute atomic E-state index is 11.3. The lowest BCUT2D eigenvalue weighted by Gasteiger charge is -2.38. The summed E-state index contributed by atoms with van der Waals surface area (Å²) in [5.41, 5.74) is 1.16. The van der Waals surface area contributed by atoms with E-state index in [1.54, 1.807) is 12.1 Å². The summed E-state index contributed by atoms with van der Waals surface area (Å²) in [5, 5.41) is 21.6. The molecule has 1 aliphatic heterocycles. The van der Waals surface area contributed by atoms with Crippen molar-refractivity contribution in [3.63, 3.8) is 0 Å². The number of aryl methyl sites for hydroxylation is 1. The summed E-state index contributed by atoms with van der Waals surface area (Å²) >= 11 is 0. The van der Waals surface area contributed by atoms with Crippen molar-refractivity contribution in [2.45, 2.75) is 31.8 Å². The van der Waals surface area contributed by atoms with Gasteiger partial charge in [-0.15, -0.1) is 0 Å². The van der Waals surface area contributed by atoms with Crippen LogP contribution < -0.4 is 5.32 Å². The van der Waals surface area contributed by atoms with E-state index < -0.39 is 12.0 Å². The largest absolute Gasteiger partial charge is 0.508 e. The zero-order valence-electron chi connectivity index (χ0n) is 11.7. The van der Waals surface area contributed by atoms with Crippen LogP contribution in [0.5, 0.6) is 5.75 Å². The Hall–Kier alpha value is -1.59. The second-order valence-corrected chi connectivity index (χ2v) is 5.35. The van der Waals surface area contributed by atoms with Crippen LogP contribution in [0.4, 0.5) is 0 Å². The summed E-state index contributed by atoms with van der Waals surface area (Å²) in [6, 6.07) is 6.99. The zero-order valence-corrected chi connectivity index (χ0v) is 11.7. The van der Waals surface area contributed by atoms with E-state index in [9.17, 15) is 15.0 Å². The Kier molecular flexibility index (Phi) is 4.98. The minimum absolute atomic E-state index is 0.229. The number of phenolic OH excluding ortho intramolecular Hbond substituents is 1. The van der Waals surface area contributed by atoms with Crippen LogP contribution in [-0.2, 0) is 11.2 Å². The van der Waals surface area contributed by atoms with E-state index >= 15 is 0 Å². The van der Waals surface area contributed by atoms with Gasteiger partial charge in [0.05, 0.1) is 0 Å². The van der Waals surface area contributed by atoms with Gasteiger partial charge in [-0.2, -0.15) is 0 Å². The Morgan fingerprint density at radius 1 is 1.45 bits per heavy atom. The molecule has 2 unspecified atom stereocenters. The number of piperazine rings is 1. The number of hydrogen-bond donors (Lipinski definition) is 3. The first kappa shape index (κ1) is 14.8. The van der Waals surface area contributed by atoms with Crippen molar-refractivity contribution in [2.24, 2.45) is 0 Å². The monoisotopic (exact) mass is 278 g/mol. The summed E-state index contributed by atoms with van der Waals surface area (Å²) in [6.45, 7) is 4.21. The van der Waals surface area contributed by atoms with Crippen molar-refractivity contribution >= 4 is 5.97 Å². The average Bonchev–Trinajstić information content (AvgIpc) is 2.46. The normalized spacial score (nSPS) is 21.6. The van der Waals surface area contributed by atoms with Gasteiger partial charge in [0, 0.05) is 25.7 Å². The van der Waals surface area contributed by atoms with E-state index in [0.717, 1.165) is 31.5 Å². The van der Waals surface area contributed by atoms with E-state index in [0.29, 0.717) is 6.54 Å². The smallest absolute Gasteiger partial charge is 0.322 e. The van der Waals surface area contributed by atoms with Crippen LogP contribution in [0, 0.1) is 0 Å². The van der Waals surface area contributed by atoms with Gasteiger partial charge in [0.1, 0.15) is 11.8 Å². The predicted molar refractivity (Wildman–Crippen MR) is 76.9 cm³/mol. The molecule has 5 nitrogen and oxygen atoms in total. The quantitative estimate of drug-likeness (QED) is 0.751. The molecule has 1 saturated heterocycles. The Morgan fingerprint density at radius 2 is 2.15 bits per heavy atom. The molecule has 2 atom stereocenters. The van der Waals surface area contributed by atoms with Crippen LogP contribution in [0.15, 0.2) is 24.3 Å². The topological polar surface area (TPSA) is 72.8 Å². The number of carboxylic acids is 1. The number of carboxylic acid groups (broad SMARTS) is 1. The number of phenols is 1. The second-order valence-electron chi connectivity index (χ2n) is 5.35. The molecule has 1 fully saturated rings. The lowest BCUT2D eigenvalue weighted by atomic mass is 10.0. The van der Waals surface area contributed by atoms with Gasteiger partial charge in [-0.3, -0.25) is 9.69 Å². The summed E-state index contributed by atoms with van der Waals surface area (Å²) in [5.74, 6) is -0.483. The minimum Gasteiger partial charge on any atom is -0.508 e. The van der Waals surface area contributed by atoms with Crippen molar-refractivity contribution in [3.8, 4) is 5.75 Å². The minimum atomic E-state index is -0.756. The number of hydrogen-bond acceptors (Lipinski definition) is 4. The van der Waals surface area contributed by atoms with Crippen molar-refractivity contribution in [2.75, 3.05) is 19.6 Å². The lowest BCUT2D eigenvalue weighted by molar-refractivity contribution is -0.145. The third-order valence-corrected chi connectivity index (χ3v) is 3.92. The van der Waals surface area contributed by atoms with Crippen LogP contribution >= 0.6 is 0 Å². The molecule has 0 spiro atoms. The van der Waals surface area contributed by atoms with Gasteiger partial charge in [0.2, 0.25) is 0 Å². The van der Waals surface area contributed by atoms with E-state index in [4.69, 9.17) is 0 Å². The first-order valence-electron chi connectivity index (χ1n) is 7.05. The van der Waals surface area contributed by atoms with Gasteiger partial charge in [-0.1, -0.05) is 12.1 Å². The molecule has 0 aliphatic carbocycles. The van der Waals surface area contributed by atoms with Gasteiger partial charge >= 0.3 is 5.97 Å². The molecule has 0 aromatic heterocycles. The molecule has 1 aliphatic rings. The predicted octanol–water partition coefficient (Wildman–Crippen LogP) is 1.07. The number of carbonyl (C=O) groups is 1. The van der Waals surface area contributed by atoms with Crippen molar-refractivity contribution in [1.82, 2.24) is 10.2 Å². The third kappa shape index (κ3) is 3.71. The maximum Gasteiger partial charge on any atom is 0.322 e. The standard InChI is InChI=1S/C15H22N2O3/c1-11(2-3-12-4-6-13(18)7-5-12)17-9-8-16-10-14(17)15(19)20/h4-7,11,14,16,18H,2-3,8-10H2,1H3,(H,19,20). The number of benzene rings is 1. The molecule has 110 valence electrons. The molecule has 3 N–H and O–H groups in total. The van der Waals surface area contributed by atoms with Crippen LogP contribution in [0.3, 0.4) is 0 Å². The molecule has 2 rings (SSSR count). The molecule has 0 amide bonds. The molecular weight excluding hydrogens is 256 g/mol. The molecule has 1 aromatic rings. The highest BCUT2D eigenvalue weighted by Gasteiger charge is 2.31. The first-order valence-corrected chi connectivity index (χ1v) is 7.05. The summed E-state index contributed by atoms with van der Waals surface area (Å²) in [4.78, 5) is 13.3. The van der Waals surface area contributed by atoms with Crippen molar-refractivity contribution in [3.05, 3.63) is 29.8 Å². The Balaban J connectivity index is 1.91. The number of rotatable bonds is 5. The number of aliphatic carboxylic acids is 1. The average molecular weight is 278 g/mol. The summed E-state index contributed by atoms with van der Waals surface area (Å²) in [6.07, 6.45) is 1.80. The van der Waals surface area contributed by atoms with Crippen molar-refractivity contribution in [1.29, 1.82) is 0 Å². The number of nitrogens with zero attached hydrogens (tertiary/aromatic N) is 1. The molecule has 0 radical (unpaired) electrons. The number of aromatic hydroxyl groups is 1. The molecular formula is C15H22N2O3. The maximum atomic E-state index is 11.3. The van der Waals surface area contributed by atoms with E-state index in [2.05, 4.69) is 17.1 Å². The van der Waals surface area contributed by atoms with Crippen molar-refractivity contribution < 1.29 is 15.0 Å². The van der Waals surface area contributed by atoms with Crippen LogP contribution in [0.2, 0.25) is 0 Å². The SMILES string of the molecule is CC(CCc1ccc(O)cc1)N1CCNCC1C(=O)O. The zero-order chi connectivity index (χ0) is 14.5. The molecule has 1 aromatic carbocycles. The Morgan fingerprint density at radius 3 is 2.80 bits per heavy atom. The first-order chi connectivity index (χ1) is 9.58. The molecule has 5 heteroatoms. The van der Waals surface area contributed by atoms with Gasteiger partial charge in [-0.25, -0.2) is 0 Å². The highest BCUT2D eigenvalue weighted by atomic mass is 16.4. The second kappa shape index (κ2) is 6.72. The summed E-state index contributed by atoms with van der Waals surface area (Å²) in [7, 11) is 0. The highest BCUT2D eigenvalue weighted by molar-refractivity contribution is 5.74. The lowest BCUT2D eigenvalue weighted by Crippen LogP contribution is -2.57. The van der Waals surface area contributed by atoms with E-state index in [1.807, 2.05) is 12.1 Å². The fraction of sp³-hybridized carbons (Fsp3) is 0.533.